The van der Waals surface area contributed by atoms with Crippen molar-refractivity contribution in [1.29, 1.82) is 0 Å². The molecule has 0 aliphatic carbocycles. The Kier molecular flexibility index (Phi) is 3.26. The Morgan fingerprint density at radius 3 is 2.85 bits per heavy atom. The van der Waals surface area contributed by atoms with Crippen molar-refractivity contribution >= 4 is 11.4 Å². The Morgan fingerprint density at radius 1 is 1.25 bits per heavy atom. The number of hydrogen-bond acceptors (Lipinski definition) is 3. The zero-order valence-corrected chi connectivity index (χ0v) is 12.0. The van der Waals surface area contributed by atoms with E-state index in [1.807, 2.05) is 12.1 Å². The van der Waals surface area contributed by atoms with Crippen LogP contribution in [0, 0.1) is 6.92 Å². The van der Waals surface area contributed by atoms with Crippen LogP contribution in [0.15, 0.2) is 36.4 Å². The third-order valence-electron chi connectivity index (χ3n) is 4.01. The predicted octanol–water partition coefficient (Wildman–Crippen LogP) is 3.15. The molecule has 0 radical (unpaired) electrons. The van der Waals surface area contributed by atoms with Crippen LogP contribution in [0.5, 0.6) is 5.75 Å². The Labute approximate surface area is 120 Å². The van der Waals surface area contributed by atoms with Gasteiger partial charge < -0.3 is 15.4 Å². The normalized spacial score (nSPS) is 13.4. The monoisotopic (exact) mass is 268 g/mol. The van der Waals surface area contributed by atoms with E-state index in [4.69, 9.17) is 10.5 Å². The summed E-state index contributed by atoms with van der Waals surface area (Å²) in [6.07, 6.45) is 1.09. The van der Waals surface area contributed by atoms with Crippen LogP contribution >= 0.6 is 0 Å². The first-order valence-electron chi connectivity index (χ1n) is 6.95. The minimum Gasteiger partial charge on any atom is -0.496 e. The lowest BCUT2D eigenvalue weighted by Gasteiger charge is -2.21. The number of nitrogen functional groups attached to an aromatic ring is 1. The van der Waals surface area contributed by atoms with Gasteiger partial charge >= 0.3 is 0 Å². The van der Waals surface area contributed by atoms with Gasteiger partial charge in [-0.1, -0.05) is 24.3 Å². The summed E-state index contributed by atoms with van der Waals surface area (Å²) in [5.74, 6) is 0.945. The summed E-state index contributed by atoms with van der Waals surface area (Å²) in [7, 11) is 1.72. The van der Waals surface area contributed by atoms with E-state index in [2.05, 4.69) is 36.1 Å². The van der Waals surface area contributed by atoms with Gasteiger partial charge in [0, 0.05) is 30.0 Å². The number of fused-ring (bicyclic) bond motifs is 1. The fraction of sp³-hybridized carbons (Fsp3) is 0.294. The van der Waals surface area contributed by atoms with Gasteiger partial charge in [0.2, 0.25) is 0 Å². The molecule has 3 nitrogen and oxygen atoms in total. The third kappa shape index (κ3) is 2.20. The van der Waals surface area contributed by atoms with Gasteiger partial charge in [0.25, 0.3) is 0 Å². The molecule has 0 atom stereocenters. The molecular weight excluding hydrogens is 248 g/mol. The first-order chi connectivity index (χ1) is 9.69. The molecule has 0 spiro atoms. The highest BCUT2D eigenvalue weighted by Crippen LogP contribution is 2.34. The number of benzene rings is 2. The fourth-order valence-electron chi connectivity index (χ4n) is 2.85. The maximum Gasteiger partial charge on any atom is 0.123 e. The highest BCUT2D eigenvalue weighted by Gasteiger charge is 2.21. The molecule has 0 saturated carbocycles. The van der Waals surface area contributed by atoms with Crippen LogP contribution in [-0.2, 0) is 13.0 Å². The molecule has 3 rings (SSSR count). The van der Waals surface area contributed by atoms with Crippen LogP contribution in [0.1, 0.15) is 16.7 Å². The highest BCUT2D eigenvalue weighted by molar-refractivity contribution is 5.67. The second-order valence-electron chi connectivity index (χ2n) is 5.32. The van der Waals surface area contributed by atoms with Crippen LogP contribution in [0.4, 0.5) is 11.4 Å². The summed E-state index contributed by atoms with van der Waals surface area (Å²) in [5, 5.41) is 0. The smallest absolute Gasteiger partial charge is 0.123 e. The van der Waals surface area contributed by atoms with Gasteiger partial charge in [0.05, 0.1) is 7.11 Å². The topological polar surface area (TPSA) is 38.5 Å². The first kappa shape index (κ1) is 12.9. The first-order valence-corrected chi connectivity index (χ1v) is 6.95. The van der Waals surface area contributed by atoms with E-state index in [0.717, 1.165) is 30.9 Å². The Morgan fingerprint density at radius 2 is 2.05 bits per heavy atom. The summed E-state index contributed by atoms with van der Waals surface area (Å²) in [4.78, 5) is 2.38. The van der Waals surface area contributed by atoms with Crippen molar-refractivity contribution in [3.63, 3.8) is 0 Å². The number of nitrogens with zero attached hydrogens (tertiary/aromatic N) is 1. The maximum atomic E-state index is 6.05. The number of rotatable bonds is 3. The zero-order chi connectivity index (χ0) is 14.1. The lowest BCUT2D eigenvalue weighted by Crippen LogP contribution is -2.20. The standard InChI is InChI=1S/C17H20N2O/c1-12-9-13-7-8-19(16(13)10-15(12)18)11-14-5-3-4-6-17(14)20-2/h3-6,9-10H,7-8,11,18H2,1-2H3. The van der Waals surface area contributed by atoms with E-state index >= 15 is 0 Å². The quantitative estimate of drug-likeness (QED) is 0.869. The van der Waals surface area contributed by atoms with E-state index in [1.165, 1.54) is 22.4 Å². The van der Waals surface area contributed by atoms with E-state index in [1.54, 1.807) is 7.11 Å². The number of ether oxygens (including phenoxy) is 1. The van der Waals surface area contributed by atoms with Crippen molar-refractivity contribution in [1.82, 2.24) is 0 Å². The van der Waals surface area contributed by atoms with Crippen molar-refractivity contribution in [2.75, 3.05) is 24.3 Å². The molecule has 0 aromatic heterocycles. The van der Waals surface area contributed by atoms with Crippen molar-refractivity contribution in [3.05, 3.63) is 53.1 Å². The average molecular weight is 268 g/mol. The van der Waals surface area contributed by atoms with Crippen LogP contribution < -0.4 is 15.4 Å². The van der Waals surface area contributed by atoms with Gasteiger partial charge in [-0.2, -0.15) is 0 Å². The molecule has 2 aromatic carbocycles. The lowest BCUT2D eigenvalue weighted by atomic mass is 10.1. The molecular formula is C17H20N2O. The minimum absolute atomic E-state index is 0.861. The Balaban J connectivity index is 1.90. The van der Waals surface area contributed by atoms with Crippen LogP contribution in [0.25, 0.3) is 0 Å². The van der Waals surface area contributed by atoms with Gasteiger partial charge in [-0.3, -0.25) is 0 Å². The van der Waals surface area contributed by atoms with Gasteiger partial charge in [0.1, 0.15) is 5.75 Å². The second-order valence-corrected chi connectivity index (χ2v) is 5.32. The zero-order valence-electron chi connectivity index (χ0n) is 12.0. The molecule has 3 heteroatoms. The molecule has 1 aliphatic heterocycles. The summed E-state index contributed by atoms with van der Waals surface area (Å²) in [5.41, 5.74) is 12.0. The summed E-state index contributed by atoms with van der Waals surface area (Å²) in [6, 6.07) is 12.5. The number of nitrogens with two attached hydrogens (primary N) is 1. The molecule has 2 aromatic rings. The van der Waals surface area contributed by atoms with Gasteiger partial charge in [-0.05, 0) is 36.6 Å². The number of aryl methyl sites for hydroxylation is 1. The van der Waals surface area contributed by atoms with E-state index in [-0.39, 0.29) is 0 Å². The van der Waals surface area contributed by atoms with Crippen molar-refractivity contribution in [2.45, 2.75) is 19.9 Å². The SMILES string of the molecule is COc1ccccc1CN1CCc2cc(C)c(N)cc21. The lowest BCUT2D eigenvalue weighted by molar-refractivity contribution is 0.409. The van der Waals surface area contributed by atoms with E-state index in [9.17, 15) is 0 Å². The highest BCUT2D eigenvalue weighted by atomic mass is 16.5. The Hall–Kier alpha value is -2.16. The van der Waals surface area contributed by atoms with Crippen molar-refractivity contribution < 1.29 is 4.74 Å². The van der Waals surface area contributed by atoms with E-state index < -0.39 is 0 Å². The molecule has 104 valence electrons. The molecule has 0 bridgehead atoms. The summed E-state index contributed by atoms with van der Waals surface area (Å²) in [6.45, 7) is 3.97. The Bertz CT molecular complexity index is 637. The number of methoxy groups -OCH3 is 1. The van der Waals surface area contributed by atoms with E-state index in [0.29, 0.717) is 0 Å². The van der Waals surface area contributed by atoms with Crippen LogP contribution in [0.2, 0.25) is 0 Å². The van der Waals surface area contributed by atoms with Crippen molar-refractivity contribution in [3.8, 4) is 5.75 Å². The molecule has 20 heavy (non-hydrogen) atoms. The summed E-state index contributed by atoms with van der Waals surface area (Å²) < 4.78 is 5.44. The second kappa shape index (κ2) is 5.08. The molecule has 0 unspecified atom stereocenters. The number of anilines is 2. The predicted molar refractivity (Wildman–Crippen MR) is 83.3 cm³/mol. The molecule has 0 saturated heterocycles. The summed E-state index contributed by atoms with van der Waals surface area (Å²) >= 11 is 0. The minimum atomic E-state index is 0.861. The van der Waals surface area contributed by atoms with Crippen LogP contribution in [-0.4, -0.2) is 13.7 Å². The fourth-order valence-corrected chi connectivity index (χ4v) is 2.85. The molecule has 0 amide bonds. The molecule has 1 heterocycles. The van der Waals surface area contributed by atoms with Gasteiger partial charge in [-0.15, -0.1) is 0 Å². The number of para-hydroxylation sites is 1. The van der Waals surface area contributed by atoms with Crippen molar-refractivity contribution in [2.24, 2.45) is 0 Å². The van der Waals surface area contributed by atoms with Gasteiger partial charge in [0.15, 0.2) is 0 Å². The molecule has 2 N–H and O–H groups in total. The average Bonchev–Trinajstić information content (AvgIpc) is 2.82. The molecule has 0 fully saturated rings. The number of hydrogen-bond donors (Lipinski definition) is 1. The molecule has 1 aliphatic rings. The largest absolute Gasteiger partial charge is 0.496 e. The maximum absolute atomic E-state index is 6.05. The third-order valence-corrected chi connectivity index (χ3v) is 4.01. The van der Waals surface area contributed by atoms with Crippen LogP contribution in [0.3, 0.4) is 0 Å². The van der Waals surface area contributed by atoms with Gasteiger partial charge in [-0.25, -0.2) is 0 Å².